The van der Waals surface area contributed by atoms with Crippen LogP contribution in [0.1, 0.15) is 11.1 Å². The monoisotopic (exact) mass is 851 g/mol. The first-order valence-electron chi connectivity index (χ1n) is 11.0. The molecule has 0 aliphatic heterocycles. The second kappa shape index (κ2) is 15.7. The normalized spacial score (nSPS) is 10.5. The maximum absolute atomic E-state index is 14.3. The molecule has 0 N–H and O–H groups in total. The molecule has 4 rings (SSSR count). The van der Waals surface area contributed by atoms with Gasteiger partial charge >= 0.3 is 0 Å². The smallest absolute Gasteiger partial charge is 0.182 e. The van der Waals surface area contributed by atoms with Gasteiger partial charge < -0.3 is 9.47 Å². The molecule has 0 bridgehead atoms. The Morgan fingerprint density at radius 2 is 1.14 bits per heavy atom. The zero-order valence-corrected chi connectivity index (χ0v) is 28.1. The zero-order chi connectivity index (χ0) is 31.1. The van der Waals surface area contributed by atoms with Gasteiger partial charge in [-0.1, -0.05) is 111 Å². The van der Waals surface area contributed by atoms with Crippen molar-refractivity contribution in [1.29, 1.82) is 0 Å². The van der Waals surface area contributed by atoms with Gasteiger partial charge in [0.05, 0.1) is 16.6 Å². The number of ether oxygens (including phenoxy) is 2. The number of benzene rings is 4. The van der Waals surface area contributed by atoms with Crippen LogP contribution in [0.4, 0.5) is 17.6 Å². The van der Waals surface area contributed by atoms with E-state index in [0.29, 0.717) is 19.8 Å². The Bertz CT molecular complexity index is 1700. The molecule has 0 saturated carbocycles. The summed E-state index contributed by atoms with van der Waals surface area (Å²) >= 11 is 32.8. The highest BCUT2D eigenvalue weighted by atomic mass is 79.9. The Morgan fingerprint density at radius 3 is 1.57 bits per heavy atom. The molecule has 16 heteroatoms. The number of azide groups is 1. The standard InChI is InChI=1S/C13H6Br2Cl2F2O.C13H6BrCl2F2N3O/c14-5-6-1-2-8(16)13(12(6)19)20-10-4-7(15)3-9(18)11(10)17;14-7-3-9(17)11(16)10(4-7)22-13-8(15)2-1-6(12(13)18)5-20-21-19/h1-4H,5H2;1-4H,5H2. The molecule has 0 aliphatic rings. The fourth-order valence-electron chi connectivity index (χ4n) is 3.10. The molecule has 0 amide bonds. The molecule has 0 aliphatic carbocycles. The molecule has 0 radical (unpaired) electrons. The minimum Gasteiger partial charge on any atom is -0.451 e. The van der Waals surface area contributed by atoms with E-state index in [1.165, 1.54) is 42.5 Å². The summed E-state index contributed by atoms with van der Waals surface area (Å²) in [5.74, 6) is -3.48. The lowest BCUT2D eigenvalue weighted by molar-refractivity contribution is 0.435. The van der Waals surface area contributed by atoms with E-state index in [9.17, 15) is 17.6 Å². The summed E-state index contributed by atoms with van der Waals surface area (Å²) in [6.45, 7) is -0.212. The fourth-order valence-corrected chi connectivity index (χ4v) is 5.02. The van der Waals surface area contributed by atoms with Crippen molar-refractivity contribution in [2.24, 2.45) is 5.11 Å². The Morgan fingerprint density at radius 1 is 0.714 bits per heavy atom. The van der Waals surface area contributed by atoms with Gasteiger partial charge in [0.1, 0.15) is 33.2 Å². The van der Waals surface area contributed by atoms with Crippen LogP contribution < -0.4 is 9.47 Å². The summed E-state index contributed by atoms with van der Waals surface area (Å²) < 4.78 is 67.0. The third kappa shape index (κ3) is 8.60. The van der Waals surface area contributed by atoms with Crippen LogP contribution in [0.3, 0.4) is 0 Å². The third-order valence-electron chi connectivity index (χ3n) is 5.05. The Hall–Kier alpha value is -1.89. The van der Waals surface area contributed by atoms with Crippen molar-refractivity contribution in [1.82, 2.24) is 0 Å². The number of nitrogens with zero attached hydrogens (tertiary/aromatic N) is 3. The topological polar surface area (TPSA) is 67.2 Å². The van der Waals surface area contributed by atoms with Crippen LogP contribution in [-0.2, 0) is 11.9 Å². The summed E-state index contributed by atoms with van der Waals surface area (Å²) in [6, 6.07) is 10.9. The van der Waals surface area contributed by atoms with Gasteiger partial charge in [0.15, 0.2) is 23.1 Å². The zero-order valence-electron chi connectivity index (χ0n) is 20.3. The van der Waals surface area contributed by atoms with Crippen molar-refractivity contribution < 1.29 is 27.0 Å². The van der Waals surface area contributed by atoms with Crippen LogP contribution in [0.2, 0.25) is 20.1 Å². The highest BCUT2D eigenvalue weighted by Crippen LogP contribution is 2.41. The predicted octanol–water partition coefficient (Wildman–Crippen LogP) is 13.4. The first kappa shape index (κ1) is 34.6. The van der Waals surface area contributed by atoms with Crippen molar-refractivity contribution in [3.63, 3.8) is 0 Å². The van der Waals surface area contributed by atoms with E-state index in [4.69, 9.17) is 61.4 Å². The summed E-state index contributed by atoms with van der Waals surface area (Å²) in [7, 11) is 0. The molecule has 0 fully saturated rings. The van der Waals surface area contributed by atoms with E-state index in [1.807, 2.05) is 0 Å². The van der Waals surface area contributed by atoms with Gasteiger partial charge in [-0.15, -0.1) is 0 Å². The van der Waals surface area contributed by atoms with E-state index in [0.717, 1.165) is 6.07 Å². The fraction of sp³-hybridized carbons (Fsp3) is 0.0769. The third-order valence-corrected chi connectivity index (χ3v) is 7.90. The quantitative estimate of drug-likeness (QED) is 0.0464. The van der Waals surface area contributed by atoms with Gasteiger partial charge in [0.2, 0.25) is 0 Å². The molecule has 5 nitrogen and oxygen atoms in total. The maximum atomic E-state index is 14.3. The molecule has 0 aromatic heterocycles. The number of hydrogen-bond donors (Lipinski definition) is 0. The Balaban J connectivity index is 0.000000231. The molecule has 0 atom stereocenters. The molecule has 220 valence electrons. The summed E-state index contributed by atoms with van der Waals surface area (Å²) in [5.41, 5.74) is 8.75. The minimum atomic E-state index is -0.809. The number of halogens is 11. The molecule has 4 aromatic carbocycles. The lowest BCUT2D eigenvalue weighted by Gasteiger charge is -2.12. The lowest BCUT2D eigenvalue weighted by Crippen LogP contribution is -1.96. The first-order chi connectivity index (χ1) is 19.9. The van der Waals surface area contributed by atoms with Crippen molar-refractivity contribution in [3.05, 3.63) is 122 Å². The van der Waals surface area contributed by atoms with Gasteiger partial charge in [0.25, 0.3) is 0 Å². The van der Waals surface area contributed by atoms with E-state index < -0.39 is 23.3 Å². The average molecular weight is 856 g/mol. The molecule has 4 aromatic rings. The molecule has 0 unspecified atom stereocenters. The van der Waals surface area contributed by atoms with Crippen molar-refractivity contribution in [3.8, 4) is 23.0 Å². The first-order valence-corrected chi connectivity index (χ1v) is 15.2. The number of hydrogen-bond acceptors (Lipinski definition) is 3. The van der Waals surface area contributed by atoms with Crippen LogP contribution in [0, 0.1) is 23.3 Å². The largest absolute Gasteiger partial charge is 0.451 e. The van der Waals surface area contributed by atoms with Gasteiger partial charge in [-0.2, -0.15) is 0 Å². The molecule has 0 saturated heterocycles. The van der Waals surface area contributed by atoms with Crippen LogP contribution in [-0.4, -0.2) is 0 Å². The number of rotatable bonds is 7. The van der Waals surface area contributed by atoms with E-state index in [1.54, 1.807) is 0 Å². The average Bonchev–Trinajstić information content (AvgIpc) is 2.94. The molecule has 0 heterocycles. The lowest BCUT2D eigenvalue weighted by atomic mass is 10.2. The second-order valence-corrected chi connectivity index (χ2v) is 11.8. The summed E-state index contributed by atoms with van der Waals surface area (Å²) in [5, 5.41) is 3.07. The predicted molar refractivity (Wildman–Crippen MR) is 167 cm³/mol. The van der Waals surface area contributed by atoms with Gasteiger partial charge in [-0.05, 0) is 47.5 Å². The van der Waals surface area contributed by atoms with Crippen LogP contribution in [0.5, 0.6) is 23.0 Å². The Labute approximate surface area is 281 Å². The van der Waals surface area contributed by atoms with Crippen molar-refractivity contribution >= 4 is 94.2 Å². The van der Waals surface area contributed by atoms with Gasteiger partial charge in [-0.25, -0.2) is 17.6 Å². The Kier molecular flexibility index (Phi) is 13.0. The maximum Gasteiger partial charge on any atom is 0.182 e. The van der Waals surface area contributed by atoms with E-state index >= 15 is 0 Å². The molecular formula is C26H12Br3Cl4F4N3O2. The van der Waals surface area contributed by atoms with Crippen molar-refractivity contribution in [2.45, 2.75) is 11.9 Å². The highest BCUT2D eigenvalue weighted by molar-refractivity contribution is 9.10. The molecule has 42 heavy (non-hydrogen) atoms. The number of alkyl halides is 1. The summed E-state index contributed by atoms with van der Waals surface area (Å²) in [6.07, 6.45) is 0. The van der Waals surface area contributed by atoms with Crippen LogP contribution in [0.25, 0.3) is 10.4 Å². The van der Waals surface area contributed by atoms with Crippen LogP contribution >= 0.6 is 94.2 Å². The minimum absolute atomic E-state index is 0.0222. The van der Waals surface area contributed by atoms with E-state index in [2.05, 4.69) is 57.8 Å². The highest BCUT2D eigenvalue weighted by Gasteiger charge is 2.19. The van der Waals surface area contributed by atoms with Crippen molar-refractivity contribution in [2.75, 3.05) is 0 Å². The molecule has 0 spiro atoms. The molecular weight excluding hydrogens is 844 g/mol. The SMILES string of the molecule is Fc1cc(Br)cc(Oc2c(Cl)ccc(CBr)c2F)c1Cl.[N-]=[N+]=NCc1ccc(Cl)c(Oc2cc(Br)cc(F)c2Cl)c1F. The van der Waals surface area contributed by atoms with Gasteiger partial charge in [0, 0.05) is 24.8 Å². The van der Waals surface area contributed by atoms with Crippen LogP contribution in [0.15, 0.2) is 62.6 Å². The van der Waals surface area contributed by atoms with E-state index in [-0.39, 0.29) is 55.2 Å². The van der Waals surface area contributed by atoms with Gasteiger partial charge in [-0.3, -0.25) is 0 Å². The summed E-state index contributed by atoms with van der Waals surface area (Å²) in [4.78, 5) is 2.55. The second-order valence-electron chi connectivity index (χ2n) is 7.83.